The molecule has 0 aliphatic heterocycles. The predicted molar refractivity (Wildman–Crippen MR) is 147 cm³/mol. The van der Waals surface area contributed by atoms with Crippen LogP contribution in [0.25, 0.3) is 10.9 Å². The van der Waals surface area contributed by atoms with Gasteiger partial charge in [-0.05, 0) is 79.6 Å². The summed E-state index contributed by atoms with van der Waals surface area (Å²) < 4.78 is 4.33. The number of rotatable bonds is 8. The molecule has 33 heavy (non-hydrogen) atoms. The number of unbranched alkanes of at least 4 members (excludes halogenated alkanes) is 1. The third-order valence-corrected chi connectivity index (χ3v) is 6.50. The highest BCUT2D eigenvalue weighted by molar-refractivity contribution is 8.00. The van der Waals surface area contributed by atoms with Crippen molar-refractivity contribution in [2.24, 2.45) is 7.05 Å². The van der Waals surface area contributed by atoms with Gasteiger partial charge in [0.2, 0.25) is 0 Å². The number of aliphatic hydroxyl groups is 1. The lowest BCUT2D eigenvalue weighted by Crippen LogP contribution is -2.16. The van der Waals surface area contributed by atoms with Crippen LogP contribution in [0.4, 0.5) is 11.4 Å². The van der Waals surface area contributed by atoms with E-state index in [2.05, 4.69) is 54.0 Å². The molecule has 0 unspecified atom stereocenters. The summed E-state index contributed by atoms with van der Waals surface area (Å²) in [6.07, 6.45) is 5.81. The molecule has 0 spiro atoms. The van der Waals surface area contributed by atoms with Gasteiger partial charge in [-0.2, -0.15) is 0 Å². The highest BCUT2D eigenvalue weighted by atomic mass is 32.2. The summed E-state index contributed by atoms with van der Waals surface area (Å²) in [6.45, 7) is 11.6. The van der Waals surface area contributed by atoms with E-state index in [9.17, 15) is 4.79 Å². The van der Waals surface area contributed by atoms with Gasteiger partial charge in [-0.15, -0.1) is 0 Å². The topological polar surface area (TPSA) is 57.5 Å². The number of hydrogen-bond donors (Lipinski definition) is 2. The SMILES string of the molecule is CCCC.CCCSN(CC)c1ccc(C(=O)Nc2ccc3ccn(C)c3c2)c(C)c1.CO. The van der Waals surface area contributed by atoms with E-state index in [-0.39, 0.29) is 5.91 Å². The first kappa shape index (κ1) is 28.6. The Morgan fingerprint density at radius 1 is 1.00 bits per heavy atom. The van der Waals surface area contributed by atoms with Crippen LogP contribution in [0.5, 0.6) is 0 Å². The van der Waals surface area contributed by atoms with Gasteiger partial charge in [-0.3, -0.25) is 4.79 Å². The maximum atomic E-state index is 12.8. The lowest BCUT2D eigenvalue weighted by atomic mass is 10.1. The molecule has 1 amide bonds. The zero-order valence-electron chi connectivity index (χ0n) is 21.3. The first-order valence-corrected chi connectivity index (χ1v) is 12.7. The van der Waals surface area contributed by atoms with Crippen molar-refractivity contribution in [3.63, 3.8) is 0 Å². The Kier molecular flexibility index (Phi) is 13.3. The number of aromatic nitrogens is 1. The molecule has 3 aromatic rings. The van der Waals surface area contributed by atoms with Crippen LogP contribution in [0.1, 0.15) is 62.9 Å². The number of carbonyl (C=O) groups excluding carboxylic acids is 1. The monoisotopic (exact) mass is 471 g/mol. The average Bonchev–Trinajstić information content (AvgIpc) is 3.21. The second-order valence-corrected chi connectivity index (χ2v) is 8.79. The lowest BCUT2D eigenvalue weighted by molar-refractivity contribution is 0.102. The summed E-state index contributed by atoms with van der Waals surface area (Å²) in [5, 5.41) is 11.2. The lowest BCUT2D eigenvalue weighted by Gasteiger charge is -2.22. The van der Waals surface area contributed by atoms with Crippen molar-refractivity contribution in [3.8, 4) is 0 Å². The molecule has 5 nitrogen and oxygen atoms in total. The van der Waals surface area contributed by atoms with Crippen LogP contribution >= 0.6 is 11.9 Å². The molecule has 0 radical (unpaired) electrons. The number of nitrogens with one attached hydrogen (secondary N) is 1. The van der Waals surface area contributed by atoms with E-state index in [4.69, 9.17) is 5.11 Å². The fraction of sp³-hybridized carbons (Fsp3) is 0.444. The van der Waals surface area contributed by atoms with Gasteiger partial charge in [-0.25, -0.2) is 0 Å². The highest BCUT2D eigenvalue weighted by Crippen LogP contribution is 2.26. The van der Waals surface area contributed by atoms with Crippen LogP contribution in [0, 0.1) is 6.92 Å². The minimum Gasteiger partial charge on any atom is -0.400 e. The molecule has 0 saturated carbocycles. The molecular weight excluding hydrogens is 430 g/mol. The van der Waals surface area contributed by atoms with E-state index < -0.39 is 0 Å². The van der Waals surface area contributed by atoms with Crippen molar-refractivity contribution < 1.29 is 9.90 Å². The van der Waals surface area contributed by atoms with Gasteiger partial charge in [0.05, 0.1) is 0 Å². The molecule has 0 bridgehead atoms. The third-order valence-electron chi connectivity index (χ3n) is 5.13. The maximum Gasteiger partial charge on any atom is 0.255 e. The number of hydrogen-bond acceptors (Lipinski definition) is 4. The zero-order valence-corrected chi connectivity index (χ0v) is 22.1. The zero-order chi connectivity index (χ0) is 24.8. The second-order valence-electron chi connectivity index (χ2n) is 7.68. The third kappa shape index (κ3) is 8.45. The van der Waals surface area contributed by atoms with Crippen molar-refractivity contribution in [2.75, 3.05) is 29.0 Å². The van der Waals surface area contributed by atoms with Crippen LogP contribution in [0.2, 0.25) is 0 Å². The van der Waals surface area contributed by atoms with Gasteiger partial charge in [0.1, 0.15) is 0 Å². The van der Waals surface area contributed by atoms with E-state index in [1.807, 2.05) is 62.4 Å². The molecule has 2 N–H and O–H groups in total. The number of carbonyl (C=O) groups is 1. The summed E-state index contributed by atoms with van der Waals surface area (Å²) in [7, 11) is 3.01. The molecule has 3 rings (SSSR count). The molecule has 6 heteroatoms. The van der Waals surface area contributed by atoms with E-state index in [0.29, 0.717) is 5.56 Å². The number of aliphatic hydroxyl groups excluding tert-OH is 1. The standard InChI is InChI=1S/C22H27N3OS.C4H10.CH4O/c1-5-13-27-25(6-2)19-9-10-20(16(3)14-19)22(26)23-18-8-7-17-11-12-24(4)21(17)15-18;1-3-4-2;1-2/h7-12,14-15H,5-6,13H2,1-4H3,(H,23,26);3-4H2,1-2H3;2H,1H3. The van der Waals surface area contributed by atoms with Crippen molar-refractivity contribution in [3.05, 3.63) is 59.8 Å². The van der Waals surface area contributed by atoms with Gasteiger partial charge in [0, 0.05) is 55.1 Å². The Balaban J connectivity index is 0.000000820. The van der Waals surface area contributed by atoms with Gasteiger partial charge < -0.3 is 19.3 Å². The van der Waals surface area contributed by atoms with Crippen LogP contribution in [-0.2, 0) is 7.05 Å². The largest absolute Gasteiger partial charge is 0.400 e. The van der Waals surface area contributed by atoms with Crippen molar-refractivity contribution in [2.45, 2.75) is 53.9 Å². The molecule has 2 aromatic carbocycles. The number of aryl methyl sites for hydroxylation is 2. The van der Waals surface area contributed by atoms with Gasteiger partial charge >= 0.3 is 0 Å². The minimum absolute atomic E-state index is 0.0723. The summed E-state index contributed by atoms with van der Waals surface area (Å²) in [5.41, 5.74) is 4.76. The van der Waals surface area contributed by atoms with Crippen molar-refractivity contribution in [1.82, 2.24) is 4.57 Å². The fourth-order valence-electron chi connectivity index (χ4n) is 3.15. The predicted octanol–water partition coefficient (Wildman–Crippen LogP) is 7.04. The minimum atomic E-state index is -0.0723. The summed E-state index contributed by atoms with van der Waals surface area (Å²) in [5.74, 6) is 1.02. The van der Waals surface area contributed by atoms with Gasteiger partial charge in [0.25, 0.3) is 5.91 Å². The van der Waals surface area contributed by atoms with E-state index >= 15 is 0 Å². The summed E-state index contributed by atoms with van der Waals surface area (Å²) >= 11 is 1.83. The molecule has 0 atom stereocenters. The number of anilines is 2. The number of nitrogens with zero attached hydrogens (tertiary/aromatic N) is 2. The molecule has 1 aromatic heterocycles. The number of benzene rings is 2. The summed E-state index contributed by atoms with van der Waals surface area (Å²) in [6, 6.07) is 14.1. The van der Waals surface area contributed by atoms with E-state index in [1.165, 1.54) is 18.2 Å². The van der Waals surface area contributed by atoms with Crippen LogP contribution in [-0.4, -0.2) is 35.0 Å². The fourth-order valence-corrected chi connectivity index (χ4v) is 3.99. The Morgan fingerprint density at radius 3 is 2.27 bits per heavy atom. The Morgan fingerprint density at radius 2 is 1.70 bits per heavy atom. The average molecular weight is 472 g/mol. The quantitative estimate of drug-likeness (QED) is 0.346. The molecule has 182 valence electrons. The van der Waals surface area contributed by atoms with Gasteiger partial charge in [0.15, 0.2) is 0 Å². The first-order chi connectivity index (χ1) is 15.9. The molecule has 1 heterocycles. The highest BCUT2D eigenvalue weighted by Gasteiger charge is 2.13. The van der Waals surface area contributed by atoms with Gasteiger partial charge in [-0.1, -0.05) is 39.7 Å². The first-order valence-electron chi connectivity index (χ1n) is 11.8. The van der Waals surface area contributed by atoms with E-state index in [1.54, 1.807) is 0 Å². The summed E-state index contributed by atoms with van der Waals surface area (Å²) in [4.78, 5) is 12.8. The van der Waals surface area contributed by atoms with Crippen LogP contribution in [0.15, 0.2) is 48.7 Å². The van der Waals surface area contributed by atoms with E-state index in [0.717, 1.165) is 48.3 Å². The normalized spacial score (nSPS) is 10.1. The smallest absolute Gasteiger partial charge is 0.255 e. The molecular formula is C27H41N3O2S. The number of fused-ring (bicyclic) bond motifs is 1. The molecule has 0 fully saturated rings. The molecule has 0 aliphatic carbocycles. The van der Waals surface area contributed by atoms with Crippen molar-refractivity contribution >= 4 is 40.1 Å². The Bertz CT molecular complexity index is 983. The Labute approximate surface area is 204 Å². The number of amides is 1. The molecule has 0 aliphatic rings. The van der Waals surface area contributed by atoms with Crippen LogP contribution < -0.4 is 9.62 Å². The second kappa shape index (κ2) is 15.4. The van der Waals surface area contributed by atoms with Crippen molar-refractivity contribution in [1.29, 1.82) is 0 Å². The Hall–Kier alpha value is -2.44. The maximum absolute atomic E-state index is 12.8. The molecule has 0 saturated heterocycles. The van der Waals surface area contributed by atoms with Crippen LogP contribution in [0.3, 0.4) is 0 Å².